The Kier molecular flexibility index (Phi) is 7.89. The highest BCUT2D eigenvalue weighted by Crippen LogP contribution is 2.23. The highest BCUT2D eigenvalue weighted by molar-refractivity contribution is 5.98. The minimum absolute atomic E-state index is 0.0736. The number of carbonyl (C=O) groups excluding carboxylic acids is 2. The number of aromatic nitrogens is 1. The van der Waals surface area contributed by atoms with Gasteiger partial charge in [-0.1, -0.05) is 24.8 Å². The second-order valence-corrected chi connectivity index (χ2v) is 9.18. The lowest BCUT2D eigenvalue weighted by Crippen LogP contribution is -2.37. The molecule has 3 rings (SSSR count). The van der Waals surface area contributed by atoms with Crippen LogP contribution in [-0.2, 0) is 9.53 Å². The van der Waals surface area contributed by atoms with Gasteiger partial charge in [-0.15, -0.1) is 0 Å². The van der Waals surface area contributed by atoms with Gasteiger partial charge >= 0.3 is 6.09 Å². The fourth-order valence-corrected chi connectivity index (χ4v) is 3.25. The second-order valence-electron chi connectivity index (χ2n) is 9.18. The summed E-state index contributed by atoms with van der Waals surface area (Å²) in [7, 11) is 0. The summed E-state index contributed by atoms with van der Waals surface area (Å²) in [6, 6.07) is 14.7. The van der Waals surface area contributed by atoms with E-state index in [1.165, 1.54) is 0 Å². The van der Waals surface area contributed by atoms with Gasteiger partial charge in [0.15, 0.2) is 0 Å². The van der Waals surface area contributed by atoms with E-state index in [9.17, 15) is 9.59 Å². The van der Waals surface area contributed by atoms with Crippen molar-refractivity contribution in [2.45, 2.75) is 39.2 Å². The predicted octanol–water partition coefficient (Wildman–Crippen LogP) is 5.44. The molecule has 0 radical (unpaired) electrons. The molecule has 0 saturated carbocycles. The van der Waals surface area contributed by atoms with Crippen LogP contribution in [0.25, 0.3) is 10.8 Å². The van der Waals surface area contributed by atoms with Crippen LogP contribution < -0.4 is 15.4 Å². The van der Waals surface area contributed by atoms with Crippen LogP contribution in [0.3, 0.4) is 0 Å². The van der Waals surface area contributed by atoms with Crippen molar-refractivity contribution < 1.29 is 19.1 Å². The van der Waals surface area contributed by atoms with Gasteiger partial charge in [0.25, 0.3) is 0 Å². The molecule has 1 unspecified atom stereocenters. The van der Waals surface area contributed by atoms with Crippen LogP contribution in [-0.4, -0.2) is 35.7 Å². The summed E-state index contributed by atoms with van der Waals surface area (Å²) >= 11 is 0. The van der Waals surface area contributed by atoms with E-state index in [0.29, 0.717) is 18.0 Å². The number of hydrogen-bond acceptors (Lipinski definition) is 5. The average molecular weight is 462 g/mol. The first-order valence-electron chi connectivity index (χ1n) is 11.1. The smallest absolute Gasteiger partial charge is 0.407 e. The van der Waals surface area contributed by atoms with Gasteiger partial charge in [-0.05, 0) is 74.5 Å². The lowest BCUT2D eigenvalue weighted by Gasteiger charge is -2.22. The Balaban J connectivity index is 1.78. The number of ether oxygens (including phenoxy) is 2. The third-order valence-corrected chi connectivity index (χ3v) is 4.84. The summed E-state index contributed by atoms with van der Waals surface area (Å²) in [4.78, 5) is 29.6. The summed E-state index contributed by atoms with van der Waals surface area (Å²) in [5.41, 5.74) is 1.67. The molecule has 7 heteroatoms. The minimum Gasteiger partial charge on any atom is -0.489 e. The minimum atomic E-state index is -0.643. The van der Waals surface area contributed by atoms with E-state index >= 15 is 0 Å². The highest BCUT2D eigenvalue weighted by Gasteiger charge is 2.24. The summed E-state index contributed by atoms with van der Waals surface area (Å²) < 4.78 is 11.0. The Morgan fingerprint density at radius 1 is 1.06 bits per heavy atom. The Morgan fingerprint density at radius 3 is 2.47 bits per heavy atom. The van der Waals surface area contributed by atoms with E-state index in [-0.39, 0.29) is 12.5 Å². The first-order valence-corrected chi connectivity index (χ1v) is 11.1. The number of carbonyl (C=O) groups is 2. The van der Waals surface area contributed by atoms with Crippen molar-refractivity contribution in [3.8, 4) is 5.75 Å². The zero-order valence-corrected chi connectivity index (χ0v) is 20.1. The number of benzene rings is 2. The Morgan fingerprint density at radius 2 is 1.79 bits per heavy atom. The van der Waals surface area contributed by atoms with E-state index in [2.05, 4.69) is 22.2 Å². The van der Waals surface area contributed by atoms with Crippen LogP contribution in [0.4, 0.5) is 10.5 Å². The standard InChI is InChI=1S/C27H31N3O4/c1-18(2)17-33-23-10-7-19(8-11-23)24(16-29-26(32)34-27(3,4)5)25(31)30-22-9-6-21-15-28-13-12-20(21)14-22/h6-15,24H,1,16-17H2,2-5H3,(H,29,32)(H,30,31). The van der Waals surface area contributed by atoms with Crippen molar-refractivity contribution in [2.75, 3.05) is 18.5 Å². The Labute approximate surface area is 200 Å². The topological polar surface area (TPSA) is 89.5 Å². The third-order valence-electron chi connectivity index (χ3n) is 4.84. The quantitative estimate of drug-likeness (QED) is 0.436. The fourth-order valence-electron chi connectivity index (χ4n) is 3.25. The maximum atomic E-state index is 13.3. The molecule has 0 saturated heterocycles. The SMILES string of the molecule is C=C(C)COc1ccc(C(CNC(=O)OC(C)(C)C)C(=O)Nc2ccc3cnccc3c2)cc1. The molecule has 2 aromatic carbocycles. The van der Waals surface area contributed by atoms with Crippen molar-refractivity contribution in [3.63, 3.8) is 0 Å². The molecule has 0 aliphatic heterocycles. The van der Waals surface area contributed by atoms with Gasteiger partial charge in [0.1, 0.15) is 18.0 Å². The maximum absolute atomic E-state index is 13.3. The number of nitrogens with zero attached hydrogens (tertiary/aromatic N) is 1. The number of rotatable bonds is 8. The number of alkyl carbamates (subject to hydrolysis) is 1. The fraction of sp³-hybridized carbons (Fsp3) is 0.296. The molecule has 0 bridgehead atoms. The van der Waals surface area contributed by atoms with E-state index < -0.39 is 17.6 Å². The van der Waals surface area contributed by atoms with Gasteiger partial charge < -0.3 is 20.1 Å². The molecule has 3 aromatic rings. The lowest BCUT2D eigenvalue weighted by molar-refractivity contribution is -0.117. The predicted molar refractivity (Wildman–Crippen MR) is 134 cm³/mol. The Bertz CT molecular complexity index is 1170. The van der Waals surface area contributed by atoms with Gasteiger partial charge in [-0.3, -0.25) is 9.78 Å². The first kappa shape index (κ1) is 24.8. The van der Waals surface area contributed by atoms with Crippen molar-refractivity contribution in [1.82, 2.24) is 10.3 Å². The van der Waals surface area contributed by atoms with Gasteiger partial charge in [0.05, 0.1) is 5.92 Å². The number of nitrogens with one attached hydrogen (secondary N) is 2. The number of amides is 2. The van der Waals surface area contributed by atoms with Crippen molar-refractivity contribution in [3.05, 3.63) is 78.6 Å². The van der Waals surface area contributed by atoms with Crippen LogP contribution in [0.15, 0.2) is 73.1 Å². The molecule has 178 valence electrons. The largest absolute Gasteiger partial charge is 0.489 e. The molecular formula is C27H31N3O4. The number of anilines is 1. The molecule has 2 amide bonds. The Hall–Kier alpha value is -3.87. The first-order chi connectivity index (χ1) is 16.1. The van der Waals surface area contributed by atoms with E-state index in [0.717, 1.165) is 21.9 Å². The molecule has 7 nitrogen and oxygen atoms in total. The van der Waals surface area contributed by atoms with Crippen molar-refractivity contribution in [1.29, 1.82) is 0 Å². The number of hydrogen-bond donors (Lipinski definition) is 2. The van der Waals surface area contributed by atoms with E-state index in [1.807, 2.05) is 43.3 Å². The zero-order chi connectivity index (χ0) is 24.7. The number of pyridine rings is 1. The zero-order valence-electron chi connectivity index (χ0n) is 20.1. The van der Waals surface area contributed by atoms with Crippen LogP contribution in [0.5, 0.6) is 5.75 Å². The summed E-state index contributed by atoms with van der Waals surface area (Å²) in [6.45, 7) is 11.6. The molecule has 34 heavy (non-hydrogen) atoms. The van der Waals surface area contributed by atoms with Crippen LogP contribution in [0, 0.1) is 0 Å². The van der Waals surface area contributed by atoms with E-state index in [4.69, 9.17) is 9.47 Å². The second kappa shape index (κ2) is 10.8. The third kappa shape index (κ3) is 7.33. The highest BCUT2D eigenvalue weighted by atomic mass is 16.6. The molecule has 0 aliphatic rings. The maximum Gasteiger partial charge on any atom is 0.407 e. The van der Waals surface area contributed by atoms with Crippen molar-refractivity contribution in [2.24, 2.45) is 0 Å². The molecule has 0 spiro atoms. The molecule has 1 heterocycles. The number of fused-ring (bicyclic) bond motifs is 1. The molecular weight excluding hydrogens is 430 g/mol. The van der Waals surface area contributed by atoms with Gasteiger partial charge in [-0.25, -0.2) is 4.79 Å². The van der Waals surface area contributed by atoms with Gasteiger partial charge in [0, 0.05) is 30.0 Å². The molecule has 0 fully saturated rings. The summed E-state index contributed by atoms with van der Waals surface area (Å²) in [5.74, 6) is -0.218. The lowest BCUT2D eigenvalue weighted by atomic mass is 9.97. The average Bonchev–Trinajstić information content (AvgIpc) is 2.77. The van der Waals surface area contributed by atoms with E-state index in [1.54, 1.807) is 45.3 Å². The summed E-state index contributed by atoms with van der Waals surface area (Å²) in [5, 5.41) is 7.63. The van der Waals surface area contributed by atoms with Crippen LogP contribution in [0.2, 0.25) is 0 Å². The van der Waals surface area contributed by atoms with Crippen LogP contribution in [0.1, 0.15) is 39.2 Å². The molecule has 1 aromatic heterocycles. The molecule has 1 atom stereocenters. The van der Waals surface area contributed by atoms with Crippen LogP contribution >= 0.6 is 0 Å². The van der Waals surface area contributed by atoms with Gasteiger partial charge in [-0.2, -0.15) is 0 Å². The normalized spacial score (nSPS) is 12.0. The molecule has 2 N–H and O–H groups in total. The molecule has 0 aliphatic carbocycles. The van der Waals surface area contributed by atoms with Gasteiger partial charge in [0.2, 0.25) is 5.91 Å². The monoisotopic (exact) mass is 461 g/mol. The van der Waals surface area contributed by atoms with Crippen molar-refractivity contribution >= 4 is 28.5 Å². The summed E-state index contributed by atoms with van der Waals surface area (Å²) in [6.07, 6.45) is 2.90.